The Morgan fingerprint density at radius 1 is 1.27 bits per heavy atom. The summed E-state index contributed by atoms with van der Waals surface area (Å²) in [5.41, 5.74) is 1.90. The molecule has 1 N–H and O–H groups in total. The Bertz CT molecular complexity index is 423. The molecule has 0 aromatic carbocycles. The van der Waals surface area contributed by atoms with Crippen molar-refractivity contribution in [3.8, 4) is 0 Å². The van der Waals surface area contributed by atoms with Gasteiger partial charge in [0.1, 0.15) is 5.78 Å². The van der Waals surface area contributed by atoms with Gasteiger partial charge in [0.25, 0.3) is 5.56 Å². The molecule has 1 aliphatic carbocycles. The van der Waals surface area contributed by atoms with E-state index in [4.69, 9.17) is 0 Å². The molecule has 2 rings (SSSR count). The number of rotatable bonds is 1. The summed E-state index contributed by atoms with van der Waals surface area (Å²) in [6, 6.07) is 1.94. The third-order valence-electron chi connectivity index (χ3n) is 3.13. The van der Waals surface area contributed by atoms with Gasteiger partial charge in [-0.3, -0.25) is 9.59 Å². The van der Waals surface area contributed by atoms with Crippen molar-refractivity contribution in [1.29, 1.82) is 0 Å². The monoisotopic (exact) mass is 205 g/mol. The van der Waals surface area contributed by atoms with E-state index in [1.54, 1.807) is 6.20 Å². The molecule has 1 aromatic heterocycles. The van der Waals surface area contributed by atoms with Crippen LogP contribution in [0, 0.1) is 6.92 Å². The lowest BCUT2D eigenvalue weighted by Gasteiger charge is -2.21. The smallest absolute Gasteiger partial charge is 0.250 e. The largest absolute Gasteiger partial charge is 0.329 e. The van der Waals surface area contributed by atoms with Crippen molar-refractivity contribution in [2.24, 2.45) is 0 Å². The number of ketones is 1. The van der Waals surface area contributed by atoms with E-state index in [0.29, 0.717) is 24.5 Å². The first-order valence-electron chi connectivity index (χ1n) is 5.38. The molecule has 1 fully saturated rings. The molecule has 0 atom stereocenters. The van der Waals surface area contributed by atoms with Crippen LogP contribution in [-0.4, -0.2) is 10.8 Å². The van der Waals surface area contributed by atoms with Gasteiger partial charge >= 0.3 is 0 Å². The summed E-state index contributed by atoms with van der Waals surface area (Å²) in [7, 11) is 0. The van der Waals surface area contributed by atoms with Crippen molar-refractivity contribution < 1.29 is 4.79 Å². The standard InChI is InChI=1S/C12H15NO2/c1-8-6-10(7-13-12(8)15)9-2-4-11(14)5-3-9/h6-7,9H,2-5H2,1H3,(H,13,15). The Labute approximate surface area is 88.5 Å². The maximum absolute atomic E-state index is 11.2. The SMILES string of the molecule is Cc1cc(C2CCC(=O)CC2)c[nH]c1=O. The second-order valence-electron chi connectivity index (χ2n) is 4.26. The molecular weight excluding hydrogens is 190 g/mol. The van der Waals surface area contributed by atoms with Gasteiger partial charge in [-0.05, 0) is 37.3 Å². The average Bonchev–Trinajstić information content (AvgIpc) is 2.23. The first-order valence-corrected chi connectivity index (χ1v) is 5.38. The molecule has 0 unspecified atom stereocenters. The lowest BCUT2D eigenvalue weighted by Crippen LogP contribution is -2.15. The number of aromatic amines is 1. The highest BCUT2D eigenvalue weighted by Gasteiger charge is 2.20. The quantitative estimate of drug-likeness (QED) is 0.761. The molecule has 1 saturated carbocycles. The fourth-order valence-electron chi connectivity index (χ4n) is 2.13. The molecule has 0 saturated heterocycles. The van der Waals surface area contributed by atoms with Gasteiger partial charge in [-0.2, -0.15) is 0 Å². The summed E-state index contributed by atoms with van der Waals surface area (Å²) in [6.45, 7) is 1.82. The third-order valence-corrected chi connectivity index (χ3v) is 3.13. The van der Waals surface area contributed by atoms with Crippen LogP contribution in [0.3, 0.4) is 0 Å². The maximum Gasteiger partial charge on any atom is 0.250 e. The fraction of sp³-hybridized carbons (Fsp3) is 0.500. The molecule has 0 aliphatic heterocycles. The molecule has 0 bridgehead atoms. The number of pyridine rings is 1. The Kier molecular flexibility index (Phi) is 2.71. The molecular formula is C12H15NO2. The van der Waals surface area contributed by atoms with Gasteiger partial charge in [0, 0.05) is 24.6 Å². The van der Waals surface area contributed by atoms with Crippen molar-refractivity contribution in [2.45, 2.75) is 38.5 Å². The molecule has 1 aromatic rings. The van der Waals surface area contributed by atoms with E-state index in [1.807, 2.05) is 13.0 Å². The summed E-state index contributed by atoms with van der Waals surface area (Å²) in [4.78, 5) is 25.0. The summed E-state index contributed by atoms with van der Waals surface area (Å²) in [5, 5.41) is 0. The summed E-state index contributed by atoms with van der Waals surface area (Å²) in [5.74, 6) is 0.811. The van der Waals surface area contributed by atoms with Crippen molar-refractivity contribution >= 4 is 5.78 Å². The van der Waals surface area contributed by atoms with E-state index >= 15 is 0 Å². The Balaban J connectivity index is 2.19. The predicted octanol–water partition coefficient (Wildman–Crippen LogP) is 1.91. The Morgan fingerprint density at radius 3 is 2.53 bits per heavy atom. The van der Waals surface area contributed by atoms with Crippen LogP contribution in [0.5, 0.6) is 0 Å². The normalized spacial score (nSPS) is 18.1. The van der Waals surface area contributed by atoms with Crippen LogP contribution in [0.1, 0.15) is 42.7 Å². The Morgan fingerprint density at radius 2 is 1.93 bits per heavy atom. The minimum absolute atomic E-state index is 0.0226. The zero-order valence-electron chi connectivity index (χ0n) is 8.88. The lowest BCUT2D eigenvalue weighted by molar-refractivity contribution is -0.120. The van der Waals surface area contributed by atoms with Crippen LogP contribution in [0.4, 0.5) is 0 Å². The molecule has 0 radical (unpaired) electrons. The highest BCUT2D eigenvalue weighted by Crippen LogP contribution is 2.30. The van der Waals surface area contributed by atoms with Gasteiger partial charge in [0.05, 0.1) is 0 Å². The van der Waals surface area contributed by atoms with Crippen molar-refractivity contribution in [3.05, 3.63) is 33.7 Å². The molecule has 0 spiro atoms. The molecule has 1 aliphatic rings. The number of hydrogen-bond acceptors (Lipinski definition) is 2. The average molecular weight is 205 g/mol. The van der Waals surface area contributed by atoms with Crippen LogP contribution in [-0.2, 0) is 4.79 Å². The minimum atomic E-state index is -0.0226. The number of H-pyrrole nitrogens is 1. The maximum atomic E-state index is 11.2. The van der Waals surface area contributed by atoms with Gasteiger partial charge in [-0.15, -0.1) is 0 Å². The first kappa shape index (κ1) is 10.1. The van der Waals surface area contributed by atoms with Gasteiger partial charge in [-0.1, -0.05) is 0 Å². The number of nitrogens with one attached hydrogen (secondary N) is 1. The zero-order chi connectivity index (χ0) is 10.8. The van der Waals surface area contributed by atoms with Crippen molar-refractivity contribution in [3.63, 3.8) is 0 Å². The van der Waals surface area contributed by atoms with Crippen LogP contribution in [0.15, 0.2) is 17.1 Å². The number of aromatic nitrogens is 1. The fourth-order valence-corrected chi connectivity index (χ4v) is 2.13. The lowest BCUT2D eigenvalue weighted by atomic mass is 9.84. The van der Waals surface area contributed by atoms with Crippen molar-refractivity contribution in [1.82, 2.24) is 4.98 Å². The van der Waals surface area contributed by atoms with E-state index in [-0.39, 0.29) is 5.56 Å². The van der Waals surface area contributed by atoms with E-state index in [0.717, 1.165) is 18.4 Å². The number of Topliss-reactive ketones (excluding diaryl/α,β-unsaturated/α-hetero) is 1. The van der Waals surface area contributed by atoms with E-state index in [2.05, 4.69) is 4.98 Å². The summed E-state index contributed by atoms with van der Waals surface area (Å²) >= 11 is 0. The zero-order valence-corrected chi connectivity index (χ0v) is 8.88. The second kappa shape index (κ2) is 4.01. The minimum Gasteiger partial charge on any atom is -0.329 e. The predicted molar refractivity (Wildman–Crippen MR) is 58.0 cm³/mol. The van der Waals surface area contributed by atoms with Crippen LogP contribution in [0.2, 0.25) is 0 Å². The molecule has 1 heterocycles. The van der Waals surface area contributed by atoms with Gasteiger partial charge in [0.2, 0.25) is 0 Å². The van der Waals surface area contributed by atoms with Gasteiger partial charge in [0.15, 0.2) is 0 Å². The summed E-state index contributed by atoms with van der Waals surface area (Å²) < 4.78 is 0. The summed E-state index contributed by atoms with van der Waals surface area (Å²) in [6.07, 6.45) is 5.00. The number of aryl methyl sites for hydroxylation is 1. The number of hydrogen-bond donors (Lipinski definition) is 1. The van der Waals surface area contributed by atoms with E-state index in [1.165, 1.54) is 5.56 Å². The van der Waals surface area contributed by atoms with E-state index < -0.39 is 0 Å². The van der Waals surface area contributed by atoms with Crippen LogP contribution in [0.25, 0.3) is 0 Å². The second-order valence-corrected chi connectivity index (χ2v) is 4.26. The van der Waals surface area contributed by atoms with Crippen molar-refractivity contribution in [2.75, 3.05) is 0 Å². The molecule has 3 heteroatoms. The Hall–Kier alpha value is -1.38. The van der Waals surface area contributed by atoms with E-state index in [9.17, 15) is 9.59 Å². The third kappa shape index (κ3) is 2.17. The topological polar surface area (TPSA) is 49.9 Å². The van der Waals surface area contributed by atoms with Crippen LogP contribution >= 0.6 is 0 Å². The van der Waals surface area contributed by atoms with Crippen LogP contribution < -0.4 is 5.56 Å². The molecule has 0 amide bonds. The first-order chi connectivity index (χ1) is 7.16. The van der Waals surface area contributed by atoms with Gasteiger partial charge < -0.3 is 4.98 Å². The van der Waals surface area contributed by atoms with Gasteiger partial charge in [-0.25, -0.2) is 0 Å². The highest BCUT2D eigenvalue weighted by atomic mass is 16.1. The molecule has 15 heavy (non-hydrogen) atoms. The number of carbonyl (C=O) groups is 1. The molecule has 3 nitrogen and oxygen atoms in total. The highest BCUT2D eigenvalue weighted by molar-refractivity contribution is 5.79. The molecule has 80 valence electrons. The number of carbonyl (C=O) groups excluding carboxylic acids is 1.